The summed E-state index contributed by atoms with van der Waals surface area (Å²) in [7, 11) is 0. The zero-order chi connectivity index (χ0) is 26.9. The molecule has 5 fully saturated rings. The number of fused-ring (bicyclic) bond motifs is 7. The summed E-state index contributed by atoms with van der Waals surface area (Å²) in [6, 6.07) is 2.98. The Morgan fingerprint density at radius 1 is 0.946 bits per heavy atom. The number of nitrogens with one attached hydrogen (secondary N) is 1. The normalized spacial score (nSPS) is 52.8. The molecule has 5 aliphatic carbocycles. The number of hydrogen-bond donors (Lipinski definition) is 4. The van der Waals surface area contributed by atoms with Crippen molar-refractivity contribution in [3.63, 3.8) is 0 Å². The fourth-order valence-electron chi connectivity index (χ4n) is 11.8. The third-order valence-corrected chi connectivity index (χ3v) is 14.1. The molecule has 0 aromatic heterocycles. The van der Waals surface area contributed by atoms with Crippen molar-refractivity contribution in [3.05, 3.63) is 12.2 Å². The van der Waals surface area contributed by atoms with Crippen molar-refractivity contribution in [3.8, 4) is 6.07 Å². The summed E-state index contributed by atoms with van der Waals surface area (Å²) in [5, 5.41) is 33.7. The van der Waals surface area contributed by atoms with Crippen LogP contribution in [0.2, 0.25) is 0 Å². The molecule has 0 amide bonds. The molecule has 0 radical (unpaired) electrons. The first-order chi connectivity index (χ1) is 17.5. The van der Waals surface area contributed by atoms with E-state index in [9.17, 15) is 15.5 Å². The van der Waals surface area contributed by atoms with Gasteiger partial charge in [0.15, 0.2) is 0 Å². The maximum absolute atomic E-state index is 10.6. The number of nitrogens with two attached hydrogens (primary N) is 1. The van der Waals surface area contributed by atoms with Crippen LogP contribution in [0.1, 0.15) is 91.9 Å². The zero-order valence-electron chi connectivity index (χ0n) is 24.0. The molecule has 0 aliphatic heterocycles. The van der Waals surface area contributed by atoms with Gasteiger partial charge in [-0.05, 0) is 110 Å². The van der Waals surface area contributed by atoms with Gasteiger partial charge in [-0.2, -0.15) is 5.26 Å². The second kappa shape index (κ2) is 9.33. The van der Waals surface area contributed by atoms with Gasteiger partial charge in [0, 0.05) is 24.5 Å². The number of aliphatic hydroxyl groups excluding tert-OH is 2. The molecule has 0 heterocycles. The largest absolute Gasteiger partial charge is 0.396 e. The van der Waals surface area contributed by atoms with Crippen LogP contribution >= 0.6 is 0 Å². The summed E-state index contributed by atoms with van der Waals surface area (Å²) in [6.07, 6.45) is 11.3. The minimum atomic E-state index is -0.202. The van der Waals surface area contributed by atoms with Gasteiger partial charge in [0.1, 0.15) is 0 Å². The van der Waals surface area contributed by atoms with Crippen molar-refractivity contribution in [2.75, 3.05) is 26.3 Å². The summed E-state index contributed by atoms with van der Waals surface area (Å²) in [5.41, 5.74) is 8.19. The molecule has 0 saturated heterocycles. The molecule has 5 N–H and O–H groups in total. The second-order valence-corrected chi connectivity index (χ2v) is 15.0. The Balaban J connectivity index is 1.49. The Hall–Kier alpha value is -0.930. The minimum absolute atomic E-state index is 0.0856. The van der Waals surface area contributed by atoms with E-state index in [1.807, 2.05) is 0 Å². The van der Waals surface area contributed by atoms with Gasteiger partial charge in [-0.15, -0.1) is 0 Å². The molecule has 5 heteroatoms. The Kier molecular flexibility index (Phi) is 6.96. The molecule has 0 aromatic rings. The number of nitrogens with zero attached hydrogens (tertiary/aromatic N) is 1. The first-order valence-electron chi connectivity index (χ1n) is 15.2. The van der Waals surface area contributed by atoms with E-state index in [1.165, 1.54) is 31.3 Å². The summed E-state index contributed by atoms with van der Waals surface area (Å²) in [6.45, 7) is 16.3. The predicted molar refractivity (Wildman–Crippen MR) is 148 cm³/mol. The summed E-state index contributed by atoms with van der Waals surface area (Å²) in [4.78, 5) is 0. The van der Waals surface area contributed by atoms with E-state index < -0.39 is 0 Å². The van der Waals surface area contributed by atoms with Crippen LogP contribution in [0.3, 0.4) is 0 Å². The van der Waals surface area contributed by atoms with Crippen molar-refractivity contribution >= 4 is 0 Å². The van der Waals surface area contributed by atoms with E-state index in [1.54, 1.807) is 0 Å². The lowest BCUT2D eigenvalue weighted by molar-refractivity contribution is -0.239. The van der Waals surface area contributed by atoms with E-state index >= 15 is 0 Å². The molecule has 208 valence electrons. The minimum Gasteiger partial charge on any atom is -0.396 e. The van der Waals surface area contributed by atoms with E-state index in [0.717, 1.165) is 45.1 Å². The molecule has 1 unspecified atom stereocenters. The van der Waals surface area contributed by atoms with Gasteiger partial charge < -0.3 is 21.3 Å². The lowest BCUT2D eigenvalue weighted by atomic mass is 9.32. The van der Waals surface area contributed by atoms with Crippen LogP contribution in [0.4, 0.5) is 0 Å². The average Bonchev–Trinajstić information content (AvgIpc) is 3.27. The summed E-state index contributed by atoms with van der Waals surface area (Å²) < 4.78 is 0. The molecular weight excluding hydrogens is 458 g/mol. The van der Waals surface area contributed by atoms with Gasteiger partial charge in [0.05, 0.1) is 24.7 Å². The van der Waals surface area contributed by atoms with Gasteiger partial charge in [-0.3, -0.25) is 0 Å². The molecule has 5 aliphatic rings. The van der Waals surface area contributed by atoms with Crippen LogP contribution < -0.4 is 11.1 Å². The number of rotatable bonds is 6. The van der Waals surface area contributed by atoms with E-state index in [2.05, 4.69) is 45.7 Å². The van der Waals surface area contributed by atoms with Crippen LogP contribution in [-0.4, -0.2) is 42.6 Å². The fraction of sp³-hybridized carbons (Fsp3) is 0.906. The Labute approximate surface area is 225 Å². The molecule has 0 aromatic carbocycles. The zero-order valence-corrected chi connectivity index (χ0v) is 24.0. The molecule has 0 spiro atoms. The smallest absolute Gasteiger partial charge is 0.0693 e. The van der Waals surface area contributed by atoms with Crippen LogP contribution in [0, 0.1) is 68.0 Å². The van der Waals surface area contributed by atoms with Gasteiger partial charge >= 0.3 is 0 Å². The standard InChI is InChI=1S/C32H53N3O2/c1-21(18-35-16-17-36)22-8-13-32(19-33)15-14-30(4)23(27(22)32)6-7-25-28(2)11-10-26(34)29(3,20-37)24(28)9-12-31(25,30)5/h22-27,35-37H,1,6-18,20,34H2,2-5H3/t22-,23+,24+,25+,26?,27+,28-,29-,30+,31+,32+/m0/s1. The molecular formula is C32H53N3O2. The SMILES string of the molecule is C=C(CNCCO)[C@@H]1CC[C@]2(C#N)CC[C@]3(C)[C@H](CC[C@@H]4[C@@]5(C)CCC(N)[C@@](C)(CO)[C@@H]5CC[C@]43C)[C@@H]12. The number of aliphatic hydroxyl groups is 2. The van der Waals surface area contributed by atoms with Crippen LogP contribution in [-0.2, 0) is 0 Å². The Bertz CT molecular complexity index is 947. The maximum atomic E-state index is 10.6. The highest BCUT2D eigenvalue weighted by molar-refractivity contribution is 5.26. The average molecular weight is 512 g/mol. The number of hydrogen-bond acceptors (Lipinski definition) is 5. The third-order valence-electron chi connectivity index (χ3n) is 14.1. The predicted octanol–water partition coefficient (Wildman–Crippen LogP) is 5.03. The van der Waals surface area contributed by atoms with Crippen molar-refractivity contribution in [2.45, 2.75) is 97.9 Å². The van der Waals surface area contributed by atoms with Crippen LogP contribution in [0.15, 0.2) is 12.2 Å². The summed E-state index contributed by atoms with van der Waals surface area (Å²) >= 11 is 0. The van der Waals surface area contributed by atoms with Gasteiger partial charge in [-0.25, -0.2) is 0 Å². The second-order valence-electron chi connectivity index (χ2n) is 15.0. The third kappa shape index (κ3) is 3.61. The highest BCUT2D eigenvalue weighted by Crippen LogP contribution is 2.77. The van der Waals surface area contributed by atoms with Gasteiger partial charge in [-0.1, -0.05) is 39.8 Å². The topological polar surface area (TPSA) is 102 Å². The van der Waals surface area contributed by atoms with Crippen LogP contribution in [0.25, 0.3) is 0 Å². The molecule has 5 saturated carbocycles. The van der Waals surface area contributed by atoms with Crippen LogP contribution in [0.5, 0.6) is 0 Å². The number of nitriles is 1. The van der Waals surface area contributed by atoms with Crippen molar-refractivity contribution < 1.29 is 10.2 Å². The first kappa shape index (κ1) is 27.6. The molecule has 0 bridgehead atoms. The monoisotopic (exact) mass is 511 g/mol. The van der Waals surface area contributed by atoms with E-state index in [-0.39, 0.29) is 46.3 Å². The van der Waals surface area contributed by atoms with Crippen molar-refractivity contribution in [2.24, 2.45) is 62.4 Å². The molecule has 11 atom stereocenters. The maximum Gasteiger partial charge on any atom is 0.0693 e. The fourth-order valence-corrected chi connectivity index (χ4v) is 11.8. The Morgan fingerprint density at radius 3 is 2.38 bits per heavy atom. The highest BCUT2D eigenvalue weighted by atomic mass is 16.3. The highest BCUT2D eigenvalue weighted by Gasteiger charge is 2.71. The molecule has 5 rings (SSSR count). The van der Waals surface area contributed by atoms with E-state index in [0.29, 0.717) is 36.1 Å². The van der Waals surface area contributed by atoms with E-state index in [4.69, 9.17) is 5.73 Å². The van der Waals surface area contributed by atoms with Crippen molar-refractivity contribution in [1.82, 2.24) is 5.32 Å². The van der Waals surface area contributed by atoms with Crippen molar-refractivity contribution in [1.29, 1.82) is 5.26 Å². The lowest BCUT2D eigenvalue weighted by Crippen LogP contribution is -2.68. The summed E-state index contributed by atoms with van der Waals surface area (Å²) in [5.74, 6) is 2.46. The molecule has 5 nitrogen and oxygen atoms in total. The quantitative estimate of drug-likeness (QED) is 0.296. The Morgan fingerprint density at radius 2 is 1.70 bits per heavy atom. The first-order valence-corrected chi connectivity index (χ1v) is 15.2. The molecule has 37 heavy (non-hydrogen) atoms. The van der Waals surface area contributed by atoms with Gasteiger partial charge in [0.2, 0.25) is 0 Å². The van der Waals surface area contributed by atoms with Gasteiger partial charge in [0.25, 0.3) is 0 Å². The lowest BCUT2D eigenvalue weighted by Gasteiger charge is -2.72.